The number of rotatable bonds is 2. The van der Waals surface area contributed by atoms with Gasteiger partial charge in [0.2, 0.25) is 0 Å². The Balaban J connectivity index is 1.87. The van der Waals surface area contributed by atoms with Crippen LogP contribution >= 0.6 is 0 Å². The van der Waals surface area contributed by atoms with E-state index in [0.717, 1.165) is 0 Å². The maximum Gasteiger partial charge on any atom is 0.153 e. The van der Waals surface area contributed by atoms with Crippen LogP contribution in [-0.2, 0) is 4.79 Å². The Hall–Kier alpha value is -2.30. The lowest BCUT2D eigenvalue weighted by atomic mass is 10.1. The number of Topliss-reactive ketones (excluding diaryl/α,β-unsaturated/α-hetero) is 1. The summed E-state index contributed by atoms with van der Waals surface area (Å²) < 4.78 is 13.6. The molecule has 4 nitrogen and oxygen atoms in total. The lowest BCUT2D eigenvalue weighted by Crippen LogP contribution is -2.21. The largest absolute Gasteiger partial charge is 0.347 e. The molecule has 19 heavy (non-hydrogen) atoms. The summed E-state index contributed by atoms with van der Waals surface area (Å²) in [5, 5.41) is 8.11. The van der Waals surface area contributed by atoms with Crippen molar-refractivity contribution in [1.29, 1.82) is 0 Å². The summed E-state index contributed by atoms with van der Waals surface area (Å²) in [4.78, 5) is 13.1. The van der Waals surface area contributed by atoms with Crippen molar-refractivity contribution < 1.29 is 9.18 Å². The van der Waals surface area contributed by atoms with E-state index < -0.39 is 0 Å². The summed E-state index contributed by atoms with van der Waals surface area (Å²) in [7, 11) is 0. The van der Waals surface area contributed by atoms with E-state index in [-0.39, 0.29) is 11.6 Å². The highest BCUT2D eigenvalue weighted by molar-refractivity contribution is 5.86. The highest BCUT2D eigenvalue weighted by Gasteiger charge is 2.20. The smallest absolute Gasteiger partial charge is 0.153 e. The first-order valence-electron chi connectivity index (χ1n) is 6.09. The van der Waals surface area contributed by atoms with Crippen molar-refractivity contribution in [1.82, 2.24) is 10.2 Å². The Bertz CT molecular complexity index is 612. The van der Waals surface area contributed by atoms with Crippen molar-refractivity contribution in [2.24, 2.45) is 0 Å². The maximum absolute atomic E-state index is 13.6. The number of hydrogen-bond acceptors (Lipinski definition) is 4. The zero-order valence-electron chi connectivity index (χ0n) is 10.2. The van der Waals surface area contributed by atoms with Gasteiger partial charge >= 0.3 is 0 Å². The Morgan fingerprint density at radius 2 is 1.95 bits per heavy atom. The third kappa shape index (κ3) is 2.31. The molecule has 2 heterocycles. The average Bonchev–Trinajstić information content (AvgIpc) is 2.86. The van der Waals surface area contributed by atoms with Crippen molar-refractivity contribution in [2.75, 3.05) is 18.0 Å². The van der Waals surface area contributed by atoms with Gasteiger partial charge < -0.3 is 4.90 Å². The normalized spacial score (nSPS) is 15.0. The van der Waals surface area contributed by atoms with Gasteiger partial charge in [0.15, 0.2) is 11.6 Å². The van der Waals surface area contributed by atoms with Gasteiger partial charge in [-0.15, -0.1) is 10.2 Å². The third-order valence-electron chi connectivity index (χ3n) is 3.15. The quantitative estimate of drug-likeness (QED) is 0.826. The van der Waals surface area contributed by atoms with Crippen LogP contribution in [0.15, 0.2) is 36.4 Å². The van der Waals surface area contributed by atoms with Gasteiger partial charge in [-0.25, -0.2) is 4.39 Å². The zero-order chi connectivity index (χ0) is 13.2. The Kier molecular flexibility index (Phi) is 2.95. The van der Waals surface area contributed by atoms with Gasteiger partial charge in [0.05, 0.1) is 12.2 Å². The lowest BCUT2D eigenvalue weighted by Gasteiger charge is -2.14. The minimum atomic E-state index is -0.319. The summed E-state index contributed by atoms with van der Waals surface area (Å²) >= 11 is 0. The van der Waals surface area contributed by atoms with Gasteiger partial charge in [-0.2, -0.15) is 0 Å². The van der Waals surface area contributed by atoms with E-state index in [9.17, 15) is 9.18 Å². The average molecular weight is 257 g/mol. The number of carbonyl (C=O) groups excluding carboxylic acids is 1. The minimum Gasteiger partial charge on any atom is -0.347 e. The van der Waals surface area contributed by atoms with Crippen LogP contribution in [0.1, 0.15) is 6.42 Å². The molecule has 0 radical (unpaired) electrons. The molecule has 0 N–H and O–H groups in total. The zero-order valence-corrected chi connectivity index (χ0v) is 10.2. The van der Waals surface area contributed by atoms with Crippen LogP contribution in [0.4, 0.5) is 10.2 Å². The van der Waals surface area contributed by atoms with E-state index in [1.165, 1.54) is 6.07 Å². The number of ketones is 1. The lowest BCUT2D eigenvalue weighted by molar-refractivity contribution is -0.116. The summed E-state index contributed by atoms with van der Waals surface area (Å²) in [6.45, 7) is 1.06. The summed E-state index contributed by atoms with van der Waals surface area (Å²) in [6, 6.07) is 9.95. The fourth-order valence-electron chi connectivity index (χ4n) is 2.13. The molecule has 1 aromatic carbocycles. The molecule has 0 saturated carbocycles. The first-order chi connectivity index (χ1) is 9.24. The van der Waals surface area contributed by atoms with Crippen LogP contribution in [0.25, 0.3) is 11.3 Å². The highest BCUT2D eigenvalue weighted by atomic mass is 19.1. The monoisotopic (exact) mass is 257 g/mol. The molecule has 1 fully saturated rings. The molecular formula is C14H12FN3O. The van der Waals surface area contributed by atoms with Gasteiger partial charge in [0.25, 0.3) is 0 Å². The fourth-order valence-corrected chi connectivity index (χ4v) is 2.13. The van der Waals surface area contributed by atoms with Crippen LogP contribution in [0, 0.1) is 5.82 Å². The van der Waals surface area contributed by atoms with Crippen LogP contribution in [0.5, 0.6) is 0 Å². The molecular weight excluding hydrogens is 245 g/mol. The van der Waals surface area contributed by atoms with Gasteiger partial charge in [0, 0.05) is 18.5 Å². The number of halogens is 1. The van der Waals surface area contributed by atoms with Gasteiger partial charge in [-0.1, -0.05) is 12.1 Å². The van der Waals surface area contributed by atoms with Crippen LogP contribution in [0.2, 0.25) is 0 Å². The van der Waals surface area contributed by atoms with Crippen LogP contribution in [-0.4, -0.2) is 29.1 Å². The molecule has 1 aliphatic rings. The molecule has 1 aliphatic heterocycles. The second-order valence-electron chi connectivity index (χ2n) is 4.47. The van der Waals surface area contributed by atoms with Crippen molar-refractivity contribution in [3.63, 3.8) is 0 Å². The third-order valence-corrected chi connectivity index (χ3v) is 3.15. The summed E-state index contributed by atoms with van der Waals surface area (Å²) in [5.74, 6) is 0.548. The predicted octanol–water partition coefficient (Wildman–Crippen LogP) is 2.06. The number of benzene rings is 1. The molecule has 1 saturated heterocycles. The second kappa shape index (κ2) is 4.76. The number of anilines is 1. The van der Waals surface area contributed by atoms with Crippen molar-refractivity contribution >= 4 is 11.6 Å². The van der Waals surface area contributed by atoms with E-state index in [4.69, 9.17) is 0 Å². The first kappa shape index (κ1) is 11.8. The van der Waals surface area contributed by atoms with Crippen LogP contribution < -0.4 is 4.90 Å². The molecule has 5 heteroatoms. The number of carbonyl (C=O) groups is 1. The molecule has 0 amide bonds. The molecule has 1 aromatic heterocycles. The molecule has 0 spiro atoms. The Morgan fingerprint density at radius 1 is 1.11 bits per heavy atom. The standard InChI is InChI=1S/C14H12FN3O/c15-12-4-2-1-3-11(12)13-5-6-14(17-16-13)18-8-7-10(19)9-18/h1-6H,7-9H2. The van der Waals surface area contributed by atoms with Crippen molar-refractivity contribution in [3.8, 4) is 11.3 Å². The SMILES string of the molecule is O=C1CCN(c2ccc(-c3ccccc3F)nn2)C1. The summed E-state index contributed by atoms with van der Waals surface area (Å²) in [5.41, 5.74) is 0.923. The molecule has 3 rings (SSSR count). The Labute approximate surface area is 109 Å². The fraction of sp³-hybridized carbons (Fsp3) is 0.214. The molecule has 0 aliphatic carbocycles. The highest BCUT2D eigenvalue weighted by Crippen LogP contribution is 2.22. The molecule has 2 aromatic rings. The number of aromatic nitrogens is 2. The maximum atomic E-state index is 13.6. The molecule has 0 bridgehead atoms. The summed E-state index contributed by atoms with van der Waals surface area (Å²) in [6.07, 6.45) is 0.552. The predicted molar refractivity (Wildman–Crippen MR) is 69.3 cm³/mol. The van der Waals surface area contributed by atoms with Crippen molar-refractivity contribution in [2.45, 2.75) is 6.42 Å². The molecule has 0 unspecified atom stereocenters. The van der Waals surface area contributed by atoms with Crippen LogP contribution in [0.3, 0.4) is 0 Å². The van der Waals surface area contributed by atoms with Crippen molar-refractivity contribution in [3.05, 3.63) is 42.2 Å². The van der Waals surface area contributed by atoms with E-state index in [0.29, 0.717) is 36.6 Å². The number of hydrogen-bond donors (Lipinski definition) is 0. The van der Waals surface area contributed by atoms with Gasteiger partial charge in [0.1, 0.15) is 5.82 Å². The second-order valence-corrected chi connectivity index (χ2v) is 4.47. The van der Waals surface area contributed by atoms with Gasteiger partial charge in [-0.3, -0.25) is 4.79 Å². The number of nitrogens with zero attached hydrogens (tertiary/aromatic N) is 3. The van der Waals surface area contributed by atoms with Gasteiger partial charge in [-0.05, 0) is 24.3 Å². The van der Waals surface area contributed by atoms with E-state index in [2.05, 4.69) is 10.2 Å². The first-order valence-corrected chi connectivity index (χ1v) is 6.09. The van der Waals surface area contributed by atoms with E-state index in [1.54, 1.807) is 30.3 Å². The topological polar surface area (TPSA) is 46.1 Å². The molecule has 96 valence electrons. The van der Waals surface area contributed by atoms with E-state index in [1.807, 2.05) is 4.90 Å². The van der Waals surface area contributed by atoms with E-state index >= 15 is 0 Å². The molecule has 0 atom stereocenters. The minimum absolute atomic E-state index is 0.208. The Morgan fingerprint density at radius 3 is 2.58 bits per heavy atom.